The van der Waals surface area contributed by atoms with Gasteiger partial charge in [0.1, 0.15) is 17.5 Å². The van der Waals surface area contributed by atoms with Crippen molar-refractivity contribution in [3.05, 3.63) is 77.1 Å². The molecular formula is C27H29Cl2N5O4S. The van der Waals surface area contributed by atoms with E-state index in [4.69, 9.17) is 27.9 Å². The molecule has 0 radical (unpaired) electrons. The van der Waals surface area contributed by atoms with Crippen molar-refractivity contribution >= 4 is 39.1 Å². The Kier molecular flexibility index (Phi) is 7.74. The molecule has 0 aliphatic carbocycles. The van der Waals surface area contributed by atoms with Gasteiger partial charge in [-0.15, -0.1) is 11.7 Å². The van der Waals surface area contributed by atoms with Crippen molar-refractivity contribution in [1.29, 1.82) is 0 Å². The van der Waals surface area contributed by atoms with Crippen LogP contribution in [0.15, 0.2) is 66.2 Å². The predicted octanol–water partition coefficient (Wildman–Crippen LogP) is 4.90. The minimum atomic E-state index is -4.09. The van der Waals surface area contributed by atoms with Crippen LogP contribution in [0.1, 0.15) is 37.9 Å². The molecule has 3 aromatic rings. The van der Waals surface area contributed by atoms with Crippen LogP contribution in [-0.4, -0.2) is 64.3 Å². The lowest BCUT2D eigenvalue weighted by Gasteiger charge is -2.40. The SMILES string of the molecule is C=C[C@H]1CN(C(C)c2cn(-c3ccc(OC)cc3)nn2)C(=O)[C@@H]2CCC[C@H]1N2S(=O)(=O)c1cc(Cl)cc(Cl)c1. The van der Waals surface area contributed by atoms with Crippen molar-refractivity contribution in [2.45, 2.75) is 49.2 Å². The van der Waals surface area contributed by atoms with Gasteiger partial charge >= 0.3 is 0 Å². The third kappa shape index (κ3) is 5.18. The number of nitrogens with zero attached hydrogens (tertiary/aromatic N) is 5. The van der Waals surface area contributed by atoms with Crippen molar-refractivity contribution in [3.8, 4) is 11.4 Å². The average molecular weight is 591 g/mol. The topological polar surface area (TPSA) is 97.6 Å². The van der Waals surface area contributed by atoms with Crippen LogP contribution in [-0.2, 0) is 14.8 Å². The Morgan fingerprint density at radius 2 is 1.82 bits per heavy atom. The van der Waals surface area contributed by atoms with Crippen LogP contribution in [0.5, 0.6) is 5.75 Å². The second-order valence-corrected chi connectivity index (χ2v) is 12.5. The molecule has 0 N–H and O–H groups in total. The number of ether oxygens (including phenoxy) is 1. The van der Waals surface area contributed by atoms with Crippen LogP contribution in [0.2, 0.25) is 10.0 Å². The molecule has 1 unspecified atom stereocenters. The van der Waals surface area contributed by atoms with Crippen LogP contribution in [0.25, 0.3) is 5.69 Å². The zero-order valence-corrected chi connectivity index (χ0v) is 23.9. The number of hydrogen-bond acceptors (Lipinski definition) is 6. The van der Waals surface area contributed by atoms with Gasteiger partial charge in [-0.1, -0.05) is 34.5 Å². The van der Waals surface area contributed by atoms with Crippen molar-refractivity contribution in [1.82, 2.24) is 24.2 Å². The van der Waals surface area contributed by atoms with E-state index in [1.54, 1.807) is 29.0 Å². The highest BCUT2D eigenvalue weighted by molar-refractivity contribution is 7.89. The van der Waals surface area contributed by atoms with Gasteiger partial charge in [0.15, 0.2) is 0 Å². The summed E-state index contributed by atoms with van der Waals surface area (Å²) in [6.07, 6.45) is 5.27. The van der Waals surface area contributed by atoms with Crippen molar-refractivity contribution < 1.29 is 17.9 Å². The van der Waals surface area contributed by atoms with Crippen molar-refractivity contribution in [2.75, 3.05) is 13.7 Å². The maximum Gasteiger partial charge on any atom is 0.244 e. The van der Waals surface area contributed by atoms with Gasteiger partial charge in [0, 0.05) is 28.5 Å². The molecule has 5 rings (SSSR count). The number of halogens is 2. The number of amides is 1. The number of piperidine rings is 1. The van der Waals surface area contributed by atoms with E-state index < -0.39 is 28.1 Å². The molecule has 2 fully saturated rings. The lowest BCUT2D eigenvalue weighted by Crippen LogP contribution is -2.54. The number of rotatable bonds is 7. The second-order valence-electron chi connectivity index (χ2n) is 9.81. The standard InChI is InChI=1S/C27H29Cl2N5O4S/c1-4-18-15-32(17(2)24-16-33(31-30-24)21-8-10-22(38-3)11-9-21)27(35)26-7-5-6-25(18)34(26)39(36,37)23-13-19(28)12-20(29)14-23/h4,8-14,16-18,25-26H,1,5-7,15H2,2-3H3/t17?,18-,25+,26-/m0/s1. The van der Waals surface area contributed by atoms with E-state index in [2.05, 4.69) is 16.9 Å². The fourth-order valence-corrected chi connectivity index (χ4v) is 8.09. The number of carbonyl (C=O) groups is 1. The van der Waals surface area contributed by atoms with Gasteiger partial charge in [0.25, 0.3) is 0 Å². The first-order chi connectivity index (χ1) is 18.6. The molecule has 1 amide bonds. The average Bonchev–Trinajstić information content (AvgIpc) is 3.40. The zero-order valence-electron chi connectivity index (χ0n) is 21.6. The first-order valence-corrected chi connectivity index (χ1v) is 14.8. The zero-order chi connectivity index (χ0) is 27.9. The highest BCUT2D eigenvalue weighted by atomic mass is 35.5. The molecule has 1 aromatic heterocycles. The van der Waals surface area contributed by atoms with E-state index in [1.807, 2.05) is 31.2 Å². The molecule has 206 valence electrons. The highest BCUT2D eigenvalue weighted by Crippen LogP contribution is 2.40. The van der Waals surface area contributed by atoms with Crippen LogP contribution in [0.4, 0.5) is 0 Å². The summed E-state index contributed by atoms with van der Waals surface area (Å²) >= 11 is 12.3. The minimum absolute atomic E-state index is 0.0311. The number of hydrogen-bond donors (Lipinski definition) is 0. The van der Waals surface area contributed by atoms with E-state index in [1.165, 1.54) is 22.5 Å². The number of fused-ring (bicyclic) bond motifs is 2. The third-order valence-electron chi connectivity index (χ3n) is 7.54. The Bertz CT molecular complexity index is 1470. The van der Waals surface area contributed by atoms with E-state index in [-0.39, 0.29) is 26.8 Å². The van der Waals surface area contributed by atoms with Crippen LogP contribution in [0.3, 0.4) is 0 Å². The minimum Gasteiger partial charge on any atom is -0.497 e. The van der Waals surface area contributed by atoms with Gasteiger partial charge in [-0.3, -0.25) is 4.79 Å². The molecule has 9 nitrogen and oxygen atoms in total. The summed E-state index contributed by atoms with van der Waals surface area (Å²) in [4.78, 5) is 15.7. The molecule has 4 atom stereocenters. The van der Waals surface area contributed by atoms with Gasteiger partial charge in [-0.05, 0) is 68.7 Å². The summed E-state index contributed by atoms with van der Waals surface area (Å²) in [5, 5.41) is 9.03. The van der Waals surface area contributed by atoms with Gasteiger partial charge in [-0.25, -0.2) is 13.1 Å². The van der Waals surface area contributed by atoms with Crippen LogP contribution >= 0.6 is 23.2 Å². The Balaban J connectivity index is 1.49. The largest absolute Gasteiger partial charge is 0.497 e. The van der Waals surface area contributed by atoms with E-state index in [9.17, 15) is 13.2 Å². The number of aromatic nitrogens is 3. The van der Waals surface area contributed by atoms with Gasteiger partial charge in [0.05, 0.1) is 29.9 Å². The van der Waals surface area contributed by atoms with Gasteiger partial charge < -0.3 is 9.64 Å². The summed E-state index contributed by atoms with van der Waals surface area (Å²) in [5.41, 5.74) is 1.38. The molecule has 3 heterocycles. The quantitative estimate of drug-likeness (QED) is 0.363. The maximum absolute atomic E-state index is 14.1. The number of methoxy groups -OCH3 is 1. The van der Waals surface area contributed by atoms with Gasteiger partial charge in [0.2, 0.25) is 15.9 Å². The maximum atomic E-state index is 14.1. The summed E-state index contributed by atoms with van der Waals surface area (Å²) in [6, 6.07) is 9.86. The Morgan fingerprint density at radius 3 is 2.46 bits per heavy atom. The van der Waals surface area contributed by atoms with E-state index in [0.29, 0.717) is 25.1 Å². The van der Waals surface area contributed by atoms with E-state index >= 15 is 0 Å². The molecule has 0 spiro atoms. The lowest BCUT2D eigenvalue weighted by molar-refractivity contribution is -0.137. The highest BCUT2D eigenvalue weighted by Gasteiger charge is 2.50. The normalized spacial score (nSPS) is 22.8. The molecule has 2 saturated heterocycles. The smallest absolute Gasteiger partial charge is 0.244 e. The van der Waals surface area contributed by atoms with Gasteiger partial charge in [-0.2, -0.15) is 4.31 Å². The Hall–Kier alpha value is -2.92. The number of sulfonamides is 1. The first kappa shape index (κ1) is 27.6. The Labute approximate surface area is 238 Å². The van der Waals surface area contributed by atoms with Crippen molar-refractivity contribution in [3.63, 3.8) is 0 Å². The molecule has 2 bridgehead atoms. The lowest BCUT2D eigenvalue weighted by atomic mass is 9.90. The third-order valence-corrected chi connectivity index (χ3v) is 9.89. The van der Waals surface area contributed by atoms with Crippen LogP contribution in [0, 0.1) is 5.92 Å². The second kappa shape index (κ2) is 10.9. The first-order valence-electron chi connectivity index (χ1n) is 12.6. The summed E-state index contributed by atoms with van der Waals surface area (Å²) < 4.78 is 36.2. The molecule has 2 aliphatic heterocycles. The molecule has 0 saturated carbocycles. The number of benzene rings is 2. The van der Waals surface area contributed by atoms with Crippen LogP contribution < -0.4 is 4.74 Å². The molecule has 2 aliphatic rings. The summed E-state index contributed by atoms with van der Waals surface area (Å²) in [5.74, 6) is 0.166. The molecule has 12 heteroatoms. The van der Waals surface area contributed by atoms with E-state index in [0.717, 1.165) is 17.9 Å². The summed E-state index contributed by atoms with van der Waals surface area (Å²) in [6.45, 7) is 6.18. The molecule has 39 heavy (non-hydrogen) atoms. The molecule has 2 aromatic carbocycles. The molecular weight excluding hydrogens is 561 g/mol. The predicted molar refractivity (Wildman–Crippen MR) is 149 cm³/mol. The fourth-order valence-electron chi connectivity index (χ4n) is 5.49. The Morgan fingerprint density at radius 1 is 1.13 bits per heavy atom. The number of carbonyl (C=O) groups excluding carboxylic acids is 1. The monoisotopic (exact) mass is 589 g/mol. The summed E-state index contributed by atoms with van der Waals surface area (Å²) in [7, 11) is -2.49. The fraction of sp³-hybridized carbons (Fsp3) is 0.370. The van der Waals surface area contributed by atoms with Crippen molar-refractivity contribution in [2.24, 2.45) is 5.92 Å².